The predicted molar refractivity (Wildman–Crippen MR) is 79.9 cm³/mol. The Bertz CT molecular complexity index is 673. The predicted octanol–water partition coefficient (Wildman–Crippen LogP) is 1.52. The number of hydrazine groups is 1. The number of nitrogens with two attached hydrogens (primary N) is 1. The van der Waals surface area contributed by atoms with Crippen LogP contribution in [0.5, 0.6) is 0 Å². The molecule has 2 heterocycles. The van der Waals surface area contributed by atoms with E-state index in [1.54, 1.807) is 11.3 Å². The van der Waals surface area contributed by atoms with E-state index in [2.05, 4.69) is 15.1 Å². The van der Waals surface area contributed by atoms with Crippen molar-refractivity contribution < 1.29 is 8.42 Å². The van der Waals surface area contributed by atoms with Gasteiger partial charge in [-0.2, -0.15) is 0 Å². The number of thiophene rings is 1. The first-order valence-corrected chi connectivity index (χ1v) is 8.20. The average molecular weight is 312 g/mol. The summed E-state index contributed by atoms with van der Waals surface area (Å²) in [6, 6.07) is 4.95. The molecule has 0 unspecified atom stereocenters. The van der Waals surface area contributed by atoms with Crippen LogP contribution < -0.4 is 16.0 Å². The molecule has 4 N–H and O–H groups in total. The largest absolute Gasteiger partial charge is 0.308 e. The first-order chi connectivity index (χ1) is 9.42. The summed E-state index contributed by atoms with van der Waals surface area (Å²) in [7, 11) is -3.56. The molecule has 0 saturated heterocycles. The fraction of sp³-hybridized carbons (Fsp3) is 0.250. The van der Waals surface area contributed by atoms with Crippen molar-refractivity contribution in [1.29, 1.82) is 0 Å². The second-order valence-corrected chi connectivity index (χ2v) is 7.41. The van der Waals surface area contributed by atoms with E-state index in [0.29, 0.717) is 5.82 Å². The minimum Gasteiger partial charge on any atom is -0.308 e. The molecule has 0 radical (unpaired) electrons. The van der Waals surface area contributed by atoms with E-state index < -0.39 is 10.0 Å². The molecule has 0 fully saturated rings. The van der Waals surface area contributed by atoms with Crippen LogP contribution in [0, 0.1) is 13.8 Å². The topological polar surface area (TPSA) is 97.1 Å². The van der Waals surface area contributed by atoms with Crippen molar-refractivity contribution in [2.24, 2.45) is 5.84 Å². The molecule has 2 rings (SSSR count). The number of aryl methyl sites for hydroxylation is 2. The highest BCUT2D eigenvalue weighted by Gasteiger charge is 2.15. The van der Waals surface area contributed by atoms with Gasteiger partial charge in [-0.3, -0.25) is 0 Å². The van der Waals surface area contributed by atoms with E-state index in [1.807, 2.05) is 19.9 Å². The Balaban J connectivity index is 2.10. The number of pyridine rings is 1. The smallest absolute Gasteiger partial charge is 0.242 e. The molecule has 0 aliphatic heterocycles. The zero-order valence-corrected chi connectivity index (χ0v) is 12.8. The lowest BCUT2D eigenvalue weighted by molar-refractivity contribution is 0.581. The molecule has 0 spiro atoms. The van der Waals surface area contributed by atoms with E-state index in [-0.39, 0.29) is 11.4 Å². The van der Waals surface area contributed by atoms with Crippen LogP contribution in [0.1, 0.15) is 15.3 Å². The van der Waals surface area contributed by atoms with Crippen molar-refractivity contribution in [2.75, 3.05) is 5.43 Å². The van der Waals surface area contributed by atoms with Crippen LogP contribution in [0.3, 0.4) is 0 Å². The van der Waals surface area contributed by atoms with E-state index in [1.165, 1.54) is 28.8 Å². The highest BCUT2D eigenvalue weighted by Crippen LogP contribution is 2.21. The van der Waals surface area contributed by atoms with Crippen LogP contribution in [0.2, 0.25) is 0 Å². The summed E-state index contributed by atoms with van der Waals surface area (Å²) in [5.74, 6) is 5.59. The van der Waals surface area contributed by atoms with E-state index >= 15 is 0 Å². The number of hydrogen-bond acceptors (Lipinski definition) is 6. The van der Waals surface area contributed by atoms with Crippen LogP contribution in [-0.4, -0.2) is 13.4 Å². The van der Waals surface area contributed by atoms with Crippen molar-refractivity contribution in [3.63, 3.8) is 0 Å². The highest BCUT2D eigenvalue weighted by atomic mass is 32.2. The van der Waals surface area contributed by atoms with Gasteiger partial charge in [-0.05, 0) is 37.6 Å². The fourth-order valence-corrected chi connectivity index (χ4v) is 3.65. The van der Waals surface area contributed by atoms with Gasteiger partial charge >= 0.3 is 0 Å². The van der Waals surface area contributed by atoms with Crippen LogP contribution >= 0.6 is 11.3 Å². The lowest BCUT2D eigenvalue weighted by Gasteiger charge is -2.06. The second kappa shape index (κ2) is 5.88. The third kappa shape index (κ3) is 3.34. The Kier molecular flexibility index (Phi) is 4.39. The van der Waals surface area contributed by atoms with Gasteiger partial charge in [0.05, 0.1) is 0 Å². The SMILES string of the molecule is Cc1cc(CNS(=O)(=O)c2ccc(NN)nc2)sc1C. The van der Waals surface area contributed by atoms with Gasteiger partial charge in [0.1, 0.15) is 10.7 Å². The number of anilines is 1. The molecule has 0 amide bonds. The van der Waals surface area contributed by atoms with Gasteiger partial charge in [0.15, 0.2) is 0 Å². The Labute approximate surface area is 122 Å². The van der Waals surface area contributed by atoms with Crippen molar-refractivity contribution in [3.8, 4) is 0 Å². The Hall–Kier alpha value is -1.48. The minimum absolute atomic E-state index is 0.113. The van der Waals surface area contributed by atoms with Gasteiger partial charge in [0.25, 0.3) is 0 Å². The number of nitrogens with one attached hydrogen (secondary N) is 2. The van der Waals surface area contributed by atoms with Crippen molar-refractivity contribution in [2.45, 2.75) is 25.3 Å². The normalized spacial score (nSPS) is 11.6. The third-order valence-electron chi connectivity index (χ3n) is 2.85. The number of hydrogen-bond donors (Lipinski definition) is 3. The summed E-state index contributed by atoms with van der Waals surface area (Å²) < 4.78 is 26.8. The quantitative estimate of drug-likeness (QED) is 0.574. The van der Waals surface area contributed by atoms with Crippen molar-refractivity contribution >= 4 is 27.2 Å². The van der Waals surface area contributed by atoms with Gasteiger partial charge in [-0.15, -0.1) is 11.3 Å². The van der Waals surface area contributed by atoms with Crippen molar-refractivity contribution in [1.82, 2.24) is 9.71 Å². The van der Waals surface area contributed by atoms with Gasteiger partial charge in [0, 0.05) is 22.5 Å². The lowest BCUT2D eigenvalue weighted by Crippen LogP contribution is -2.23. The molecular weight excluding hydrogens is 296 g/mol. The van der Waals surface area contributed by atoms with Gasteiger partial charge < -0.3 is 5.43 Å². The first-order valence-electron chi connectivity index (χ1n) is 5.90. The van der Waals surface area contributed by atoms with E-state index in [9.17, 15) is 8.42 Å². The Morgan fingerprint density at radius 2 is 2.10 bits per heavy atom. The molecule has 0 aliphatic rings. The Morgan fingerprint density at radius 1 is 1.35 bits per heavy atom. The molecule has 2 aromatic heterocycles. The standard InChI is InChI=1S/C12H16N4O2S2/c1-8-5-10(19-9(8)2)6-15-20(17,18)11-3-4-12(16-13)14-7-11/h3-5,7,15H,6,13H2,1-2H3,(H,14,16). The third-order valence-corrected chi connectivity index (χ3v) is 5.39. The summed E-state index contributed by atoms with van der Waals surface area (Å²) >= 11 is 1.59. The summed E-state index contributed by atoms with van der Waals surface area (Å²) in [4.78, 5) is 6.17. The molecular formula is C12H16N4O2S2. The number of nitrogens with zero attached hydrogens (tertiary/aromatic N) is 1. The molecule has 0 atom stereocenters. The van der Waals surface area contributed by atoms with Crippen LogP contribution in [0.4, 0.5) is 5.82 Å². The van der Waals surface area contributed by atoms with Crippen LogP contribution in [0.15, 0.2) is 29.3 Å². The maximum Gasteiger partial charge on any atom is 0.242 e. The van der Waals surface area contributed by atoms with E-state index in [0.717, 1.165) is 4.88 Å². The average Bonchev–Trinajstić information content (AvgIpc) is 2.76. The molecule has 0 aromatic carbocycles. The molecule has 0 aliphatic carbocycles. The second-order valence-electron chi connectivity index (χ2n) is 4.30. The first kappa shape index (κ1) is 14.9. The maximum absolute atomic E-state index is 12.1. The van der Waals surface area contributed by atoms with E-state index in [4.69, 9.17) is 5.84 Å². The summed E-state index contributed by atoms with van der Waals surface area (Å²) in [5, 5.41) is 0. The van der Waals surface area contributed by atoms with Crippen LogP contribution in [-0.2, 0) is 16.6 Å². The highest BCUT2D eigenvalue weighted by molar-refractivity contribution is 7.89. The summed E-state index contributed by atoms with van der Waals surface area (Å²) in [6.45, 7) is 4.30. The number of nitrogen functional groups attached to an aromatic ring is 1. The number of sulfonamides is 1. The van der Waals surface area contributed by atoms with Crippen molar-refractivity contribution in [3.05, 3.63) is 39.7 Å². The number of aromatic nitrogens is 1. The van der Waals surface area contributed by atoms with Gasteiger partial charge in [0.2, 0.25) is 10.0 Å². The summed E-state index contributed by atoms with van der Waals surface area (Å²) in [6.07, 6.45) is 1.27. The summed E-state index contributed by atoms with van der Waals surface area (Å²) in [5.41, 5.74) is 3.52. The number of rotatable bonds is 5. The fourth-order valence-electron chi connectivity index (χ4n) is 1.61. The zero-order valence-electron chi connectivity index (χ0n) is 11.2. The molecule has 8 heteroatoms. The molecule has 0 bridgehead atoms. The molecule has 0 saturated carbocycles. The Morgan fingerprint density at radius 3 is 2.60 bits per heavy atom. The lowest BCUT2D eigenvalue weighted by atomic mass is 10.3. The zero-order chi connectivity index (χ0) is 14.8. The van der Waals surface area contributed by atoms with Crippen LogP contribution in [0.25, 0.3) is 0 Å². The van der Waals surface area contributed by atoms with Gasteiger partial charge in [-0.25, -0.2) is 24.0 Å². The minimum atomic E-state index is -3.56. The molecule has 6 nitrogen and oxygen atoms in total. The molecule has 108 valence electrons. The monoisotopic (exact) mass is 312 g/mol. The molecule has 2 aromatic rings. The van der Waals surface area contributed by atoms with Gasteiger partial charge in [-0.1, -0.05) is 0 Å². The molecule has 20 heavy (non-hydrogen) atoms. The maximum atomic E-state index is 12.1.